The molecule has 0 aliphatic heterocycles. The SMILES string of the molecule is COC(=O)c1ccc(NC(=O)CNC(=O)[C@@H](N)C(C)C)cc1C. The van der Waals surface area contributed by atoms with Crippen LogP contribution >= 0.6 is 0 Å². The second-order valence-corrected chi connectivity index (χ2v) is 5.56. The number of nitrogens with two attached hydrogens (primary N) is 1. The Balaban J connectivity index is 2.60. The van der Waals surface area contributed by atoms with E-state index < -0.39 is 12.0 Å². The molecule has 0 saturated heterocycles. The summed E-state index contributed by atoms with van der Waals surface area (Å²) in [6.07, 6.45) is 0. The number of esters is 1. The quantitative estimate of drug-likeness (QED) is 0.672. The summed E-state index contributed by atoms with van der Waals surface area (Å²) in [6, 6.07) is 4.18. The van der Waals surface area contributed by atoms with E-state index in [0.717, 1.165) is 0 Å². The van der Waals surface area contributed by atoms with E-state index in [-0.39, 0.29) is 24.3 Å². The molecule has 1 aromatic rings. The lowest BCUT2D eigenvalue weighted by Gasteiger charge is -2.15. The summed E-state index contributed by atoms with van der Waals surface area (Å²) in [5.74, 6) is -1.19. The zero-order valence-electron chi connectivity index (χ0n) is 13.8. The monoisotopic (exact) mass is 321 g/mol. The molecule has 0 bridgehead atoms. The van der Waals surface area contributed by atoms with Crippen LogP contribution in [0.15, 0.2) is 18.2 Å². The zero-order valence-corrected chi connectivity index (χ0v) is 13.8. The number of rotatable bonds is 6. The minimum absolute atomic E-state index is 0.00780. The maximum atomic E-state index is 11.8. The molecule has 2 amide bonds. The highest BCUT2D eigenvalue weighted by Crippen LogP contribution is 2.15. The maximum Gasteiger partial charge on any atom is 0.338 e. The molecule has 0 saturated carbocycles. The molecule has 0 fully saturated rings. The molecule has 126 valence electrons. The Kier molecular flexibility index (Phi) is 6.71. The van der Waals surface area contributed by atoms with Crippen LogP contribution in [0.25, 0.3) is 0 Å². The van der Waals surface area contributed by atoms with Crippen molar-refractivity contribution in [2.75, 3.05) is 19.0 Å². The third kappa shape index (κ3) is 5.37. The van der Waals surface area contributed by atoms with E-state index >= 15 is 0 Å². The standard InChI is InChI=1S/C16H23N3O4/c1-9(2)14(17)15(21)18-8-13(20)19-11-5-6-12(10(3)7-11)16(22)23-4/h5-7,9,14H,8,17H2,1-4H3,(H,18,21)(H,19,20)/t14-/m0/s1. The summed E-state index contributed by atoms with van der Waals surface area (Å²) >= 11 is 0. The molecule has 7 heteroatoms. The Morgan fingerprint density at radius 3 is 2.43 bits per heavy atom. The number of amides is 2. The van der Waals surface area contributed by atoms with Crippen LogP contribution in [-0.2, 0) is 14.3 Å². The first-order valence-corrected chi connectivity index (χ1v) is 7.28. The molecule has 0 aromatic heterocycles. The summed E-state index contributed by atoms with van der Waals surface area (Å²) in [7, 11) is 1.31. The first-order valence-electron chi connectivity index (χ1n) is 7.28. The van der Waals surface area contributed by atoms with Crippen LogP contribution in [0.2, 0.25) is 0 Å². The molecule has 7 nitrogen and oxygen atoms in total. The molecule has 0 spiro atoms. The fourth-order valence-corrected chi connectivity index (χ4v) is 1.87. The third-order valence-corrected chi connectivity index (χ3v) is 3.36. The Morgan fingerprint density at radius 2 is 1.91 bits per heavy atom. The third-order valence-electron chi connectivity index (χ3n) is 3.36. The van der Waals surface area contributed by atoms with Gasteiger partial charge in [-0.05, 0) is 36.6 Å². The lowest BCUT2D eigenvalue weighted by molar-refractivity contribution is -0.125. The normalized spacial score (nSPS) is 11.7. The topological polar surface area (TPSA) is 111 Å². The number of aryl methyl sites for hydroxylation is 1. The number of benzene rings is 1. The zero-order chi connectivity index (χ0) is 17.6. The fraction of sp³-hybridized carbons (Fsp3) is 0.438. The van der Waals surface area contributed by atoms with Crippen LogP contribution in [0.5, 0.6) is 0 Å². The predicted octanol–water partition coefficient (Wildman–Crippen LogP) is 0.820. The summed E-state index contributed by atoms with van der Waals surface area (Å²) < 4.78 is 4.66. The van der Waals surface area contributed by atoms with Gasteiger partial charge in [-0.15, -0.1) is 0 Å². The number of anilines is 1. The Labute approximate surface area is 135 Å². The Bertz CT molecular complexity index is 599. The molecule has 0 aliphatic carbocycles. The summed E-state index contributed by atoms with van der Waals surface area (Å²) in [5.41, 5.74) is 7.33. The van der Waals surface area contributed by atoms with Crippen molar-refractivity contribution >= 4 is 23.5 Å². The molecule has 23 heavy (non-hydrogen) atoms. The Hall–Kier alpha value is -2.41. The summed E-state index contributed by atoms with van der Waals surface area (Å²) in [5, 5.41) is 5.13. The van der Waals surface area contributed by atoms with Crippen molar-refractivity contribution in [2.24, 2.45) is 11.7 Å². The maximum absolute atomic E-state index is 11.8. The summed E-state index contributed by atoms with van der Waals surface area (Å²) in [6.45, 7) is 5.23. The van der Waals surface area contributed by atoms with Crippen LogP contribution < -0.4 is 16.4 Å². The largest absolute Gasteiger partial charge is 0.465 e. The van der Waals surface area contributed by atoms with Crippen molar-refractivity contribution in [1.29, 1.82) is 0 Å². The average Bonchev–Trinajstić information content (AvgIpc) is 2.51. The number of hydrogen-bond acceptors (Lipinski definition) is 5. The Morgan fingerprint density at radius 1 is 1.26 bits per heavy atom. The van der Waals surface area contributed by atoms with E-state index in [2.05, 4.69) is 15.4 Å². The van der Waals surface area contributed by atoms with Crippen molar-refractivity contribution in [3.05, 3.63) is 29.3 Å². The lowest BCUT2D eigenvalue weighted by Crippen LogP contribution is -2.46. The molecule has 1 aromatic carbocycles. The van der Waals surface area contributed by atoms with Crippen molar-refractivity contribution < 1.29 is 19.1 Å². The molecule has 0 radical (unpaired) electrons. The number of carbonyl (C=O) groups excluding carboxylic acids is 3. The lowest BCUT2D eigenvalue weighted by atomic mass is 10.1. The van der Waals surface area contributed by atoms with E-state index in [0.29, 0.717) is 16.8 Å². The van der Waals surface area contributed by atoms with E-state index in [1.807, 2.05) is 13.8 Å². The van der Waals surface area contributed by atoms with E-state index in [1.54, 1.807) is 25.1 Å². The second-order valence-electron chi connectivity index (χ2n) is 5.56. The van der Waals surface area contributed by atoms with Crippen LogP contribution in [-0.4, -0.2) is 37.5 Å². The molecule has 0 aliphatic rings. The second kappa shape index (κ2) is 8.28. The van der Waals surface area contributed by atoms with Gasteiger partial charge in [0.25, 0.3) is 0 Å². The van der Waals surface area contributed by atoms with Gasteiger partial charge >= 0.3 is 5.97 Å². The van der Waals surface area contributed by atoms with Gasteiger partial charge in [0.2, 0.25) is 11.8 Å². The number of nitrogens with one attached hydrogen (secondary N) is 2. The van der Waals surface area contributed by atoms with Gasteiger partial charge in [0.15, 0.2) is 0 Å². The van der Waals surface area contributed by atoms with Gasteiger partial charge in [0.05, 0.1) is 25.3 Å². The minimum atomic E-state index is -0.649. The number of ether oxygens (including phenoxy) is 1. The van der Waals surface area contributed by atoms with Crippen LogP contribution in [0.1, 0.15) is 29.8 Å². The minimum Gasteiger partial charge on any atom is -0.465 e. The molecular weight excluding hydrogens is 298 g/mol. The van der Waals surface area contributed by atoms with Crippen molar-refractivity contribution in [3.8, 4) is 0 Å². The van der Waals surface area contributed by atoms with Gasteiger partial charge in [0.1, 0.15) is 0 Å². The highest BCUT2D eigenvalue weighted by atomic mass is 16.5. The first kappa shape index (κ1) is 18.6. The van der Waals surface area contributed by atoms with E-state index in [9.17, 15) is 14.4 Å². The average molecular weight is 321 g/mol. The van der Waals surface area contributed by atoms with Crippen molar-refractivity contribution in [3.63, 3.8) is 0 Å². The van der Waals surface area contributed by atoms with Gasteiger partial charge in [-0.2, -0.15) is 0 Å². The van der Waals surface area contributed by atoms with Gasteiger partial charge in [0, 0.05) is 5.69 Å². The summed E-state index contributed by atoms with van der Waals surface area (Å²) in [4.78, 5) is 35.0. The smallest absolute Gasteiger partial charge is 0.338 e. The predicted molar refractivity (Wildman–Crippen MR) is 87.0 cm³/mol. The first-order chi connectivity index (χ1) is 10.8. The van der Waals surface area contributed by atoms with Gasteiger partial charge in [-0.3, -0.25) is 9.59 Å². The number of carbonyl (C=O) groups is 3. The van der Waals surface area contributed by atoms with Crippen LogP contribution in [0.3, 0.4) is 0 Å². The molecule has 0 unspecified atom stereocenters. The van der Waals surface area contributed by atoms with Crippen molar-refractivity contribution in [2.45, 2.75) is 26.8 Å². The van der Waals surface area contributed by atoms with Crippen LogP contribution in [0.4, 0.5) is 5.69 Å². The van der Waals surface area contributed by atoms with E-state index in [4.69, 9.17) is 5.73 Å². The van der Waals surface area contributed by atoms with E-state index in [1.165, 1.54) is 7.11 Å². The molecular formula is C16H23N3O4. The van der Waals surface area contributed by atoms with Gasteiger partial charge in [-0.25, -0.2) is 4.79 Å². The van der Waals surface area contributed by atoms with Crippen molar-refractivity contribution in [1.82, 2.24) is 5.32 Å². The molecule has 1 atom stereocenters. The number of hydrogen-bond donors (Lipinski definition) is 3. The van der Waals surface area contributed by atoms with Gasteiger partial charge < -0.3 is 21.1 Å². The molecule has 0 heterocycles. The van der Waals surface area contributed by atoms with Crippen LogP contribution in [0, 0.1) is 12.8 Å². The molecule has 4 N–H and O–H groups in total. The molecule has 1 rings (SSSR count). The number of methoxy groups -OCH3 is 1. The highest BCUT2D eigenvalue weighted by molar-refractivity contribution is 5.96. The highest BCUT2D eigenvalue weighted by Gasteiger charge is 2.17. The van der Waals surface area contributed by atoms with Gasteiger partial charge in [-0.1, -0.05) is 13.8 Å². The fourth-order valence-electron chi connectivity index (χ4n) is 1.87.